The summed E-state index contributed by atoms with van der Waals surface area (Å²) in [6.07, 6.45) is 6.87. The second-order valence-electron chi connectivity index (χ2n) is 6.09. The van der Waals surface area contributed by atoms with E-state index in [-0.39, 0.29) is 10.7 Å². The Balaban J connectivity index is 1.65. The van der Waals surface area contributed by atoms with Crippen molar-refractivity contribution < 1.29 is 9.53 Å². The second kappa shape index (κ2) is 5.97. The molecule has 1 atom stereocenters. The number of para-hydroxylation sites is 1. The Labute approximate surface area is 135 Å². The second-order valence-corrected chi connectivity index (χ2v) is 7.36. The predicted octanol–water partition coefficient (Wildman–Crippen LogP) is 2.49. The average Bonchev–Trinajstić information content (AvgIpc) is 3.26. The molecule has 118 valence electrons. The van der Waals surface area contributed by atoms with Gasteiger partial charge in [-0.05, 0) is 30.7 Å². The minimum atomic E-state index is -0.608. The third-order valence-corrected chi connectivity index (χ3v) is 5.83. The zero-order chi connectivity index (χ0) is 15.7. The van der Waals surface area contributed by atoms with Crippen molar-refractivity contribution in [3.05, 3.63) is 36.0 Å². The van der Waals surface area contributed by atoms with E-state index < -0.39 is 6.04 Å². The number of nitrogens with two attached hydrogens (primary N) is 1. The van der Waals surface area contributed by atoms with E-state index in [0.29, 0.717) is 13.0 Å². The Morgan fingerprint density at radius 3 is 2.86 bits per heavy atom. The number of ether oxygens (including phenoxy) is 1. The van der Waals surface area contributed by atoms with Gasteiger partial charge in [-0.25, -0.2) is 0 Å². The van der Waals surface area contributed by atoms with Crippen molar-refractivity contribution >= 4 is 28.6 Å². The number of carbonyl (C=O) groups is 1. The van der Waals surface area contributed by atoms with Crippen LogP contribution in [0.1, 0.15) is 18.4 Å². The van der Waals surface area contributed by atoms with Crippen LogP contribution in [0.2, 0.25) is 0 Å². The van der Waals surface area contributed by atoms with Crippen molar-refractivity contribution in [1.82, 2.24) is 4.57 Å². The van der Waals surface area contributed by atoms with Gasteiger partial charge < -0.3 is 15.0 Å². The highest BCUT2D eigenvalue weighted by Gasteiger charge is 2.43. The zero-order valence-electron chi connectivity index (χ0n) is 13.0. The van der Waals surface area contributed by atoms with Crippen LogP contribution in [0.4, 0.5) is 0 Å². The van der Waals surface area contributed by atoms with Crippen molar-refractivity contribution in [2.45, 2.75) is 30.1 Å². The van der Waals surface area contributed by atoms with Crippen molar-refractivity contribution in [3.8, 4) is 0 Å². The number of thioether (sulfide) groups is 1. The summed E-state index contributed by atoms with van der Waals surface area (Å²) < 4.78 is 7.65. The molecule has 1 aromatic carbocycles. The predicted molar refractivity (Wildman–Crippen MR) is 91.0 cm³/mol. The van der Waals surface area contributed by atoms with Crippen molar-refractivity contribution in [2.24, 2.45) is 12.8 Å². The van der Waals surface area contributed by atoms with Gasteiger partial charge in [0, 0.05) is 35.3 Å². The van der Waals surface area contributed by atoms with Gasteiger partial charge in [-0.15, -0.1) is 0 Å². The molecule has 1 aliphatic carbocycles. The third kappa shape index (κ3) is 3.01. The Bertz CT molecular complexity index is 691. The first-order valence-corrected chi connectivity index (χ1v) is 8.77. The molecular weight excluding hydrogens is 296 g/mol. The third-order valence-electron chi connectivity index (χ3n) is 4.44. The quantitative estimate of drug-likeness (QED) is 0.831. The summed E-state index contributed by atoms with van der Waals surface area (Å²) in [4.78, 5) is 12.1. The fourth-order valence-corrected chi connectivity index (χ4v) is 3.45. The van der Waals surface area contributed by atoms with Gasteiger partial charge in [-0.1, -0.05) is 18.2 Å². The molecule has 4 nitrogen and oxygen atoms in total. The lowest BCUT2D eigenvalue weighted by molar-refractivity contribution is -0.145. The zero-order valence-corrected chi connectivity index (χ0v) is 13.9. The average molecular weight is 318 g/mol. The highest BCUT2D eigenvalue weighted by molar-refractivity contribution is 8.00. The van der Waals surface area contributed by atoms with Crippen LogP contribution in [-0.2, 0) is 23.0 Å². The summed E-state index contributed by atoms with van der Waals surface area (Å²) in [6, 6.07) is 7.54. The minimum Gasteiger partial charge on any atom is -0.463 e. The van der Waals surface area contributed by atoms with Crippen LogP contribution < -0.4 is 5.73 Å². The molecule has 1 saturated carbocycles. The van der Waals surface area contributed by atoms with Gasteiger partial charge in [0.1, 0.15) is 12.6 Å². The summed E-state index contributed by atoms with van der Waals surface area (Å²) in [5.74, 6) is -0.298. The lowest BCUT2D eigenvalue weighted by Gasteiger charge is -2.15. The largest absolute Gasteiger partial charge is 0.463 e. The lowest BCUT2D eigenvalue weighted by Crippen LogP contribution is -2.35. The van der Waals surface area contributed by atoms with Gasteiger partial charge in [-0.2, -0.15) is 11.8 Å². The smallest absolute Gasteiger partial charge is 0.323 e. The normalized spacial score (nSPS) is 17.4. The first-order valence-electron chi connectivity index (χ1n) is 7.55. The molecule has 1 heterocycles. The van der Waals surface area contributed by atoms with Crippen LogP contribution in [0.25, 0.3) is 10.9 Å². The molecule has 3 rings (SSSR count). The molecule has 0 aliphatic heterocycles. The van der Waals surface area contributed by atoms with Gasteiger partial charge >= 0.3 is 5.97 Å². The molecule has 0 spiro atoms. The maximum Gasteiger partial charge on any atom is 0.323 e. The standard InChI is InChI=1S/C17H22N2O2S/c1-19-10-12(13-5-3-4-6-15(13)19)9-14(18)16(20)21-11-17(22-2)7-8-17/h3-6,10,14H,7-9,11,18H2,1-2H3/t14-/m1/s1. The SMILES string of the molecule is CSC1(COC(=O)[C@H](N)Cc2cn(C)c3ccccc23)CC1. The van der Waals surface area contributed by atoms with E-state index in [9.17, 15) is 4.79 Å². The Morgan fingerprint density at radius 1 is 1.45 bits per heavy atom. The highest BCUT2D eigenvalue weighted by Crippen LogP contribution is 2.47. The van der Waals surface area contributed by atoms with Crippen LogP contribution in [-0.4, -0.2) is 34.2 Å². The minimum absolute atomic E-state index is 0.162. The molecule has 1 fully saturated rings. The number of aryl methyl sites for hydroxylation is 1. The topological polar surface area (TPSA) is 57.2 Å². The molecule has 22 heavy (non-hydrogen) atoms. The van der Waals surface area contributed by atoms with E-state index in [0.717, 1.165) is 29.3 Å². The number of hydrogen-bond acceptors (Lipinski definition) is 4. The van der Waals surface area contributed by atoms with Crippen molar-refractivity contribution in [3.63, 3.8) is 0 Å². The van der Waals surface area contributed by atoms with E-state index in [1.165, 1.54) is 0 Å². The Kier molecular flexibility index (Phi) is 4.19. The summed E-state index contributed by atoms with van der Waals surface area (Å²) in [6.45, 7) is 0.482. The summed E-state index contributed by atoms with van der Waals surface area (Å²) in [5, 5.41) is 1.15. The molecule has 5 heteroatoms. The first-order chi connectivity index (χ1) is 10.5. The van der Waals surface area contributed by atoms with Gasteiger partial charge in [0.25, 0.3) is 0 Å². The van der Waals surface area contributed by atoms with Crippen molar-refractivity contribution in [2.75, 3.05) is 12.9 Å². The number of esters is 1. The summed E-state index contributed by atoms with van der Waals surface area (Å²) >= 11 is 1.78. The van der Waals surface area contributed by atoms with Gasteiger partial charge in [0.2, 0.25) is 0 Å². The number of fused-ring (bicyclic) bond motifs is 1. The van der Waals surface area contributed by atoms with Crippen LogP contribution >= 0.6 is 11.8 Å². The number of carbonyl (C=O) groups excluding carboxylic acids is 1. The number of benzene rings is 1. The fourth-order valence-electron chi connectivity index (χ4n) is 2.77. The molecule has 0 unspecified atom stereocenters. The van der Waals surface area contributed by atoms with E-state index in [2.05, 4.69) is 23.0 Å². The maximum atomic E-state index is 12.1. The molecule has 1 aromatic heterocycles. The Hall–Kier alpha value is -1.46. The molecule has 0 bridgehead atoms. The van der Waals surface area contributed by atoms with Crippen molar-refractivity contribution in [1.29, 1.82) is 0 Å². The van der Waals surface area contributed by atoms with Crippen LogP contribution in [0.5, 0.6) is 0 Å². The number of hydrogen-bond donors (Lipinski definition) is 1. The van der Waals surface area contributed by atoms with Crippen LogP contribution in [0.3, 0.4) is 0 Å². The molecule has 1 aliphatic rings. The van der Waals surface area contributed by atoms with E-state index in [1.54, 1.807) is 11.8 Å². The highest BCUT2D eigenvalue weighted by atomic mass is 32.2. The molecule has 2 N–H and O–H groups in total. The molecular formula is C17H22N2O2S. The molecule has 0 saturated heterocycles. The van der Waals surface area contributed by atoms with Gasteiger partial charge in [0.05, 0.1) is 0 Å². The van der Waals surface area contributed by atoms with Gasteiger partial charge in [0.15, 0.2) is 0 Å². The summed E-state index contributed by atoms with van der Waals surface area (Å²) in [5.41, 5.74) is 8.29. The number of nitrogens with zero attached hydrogens (tertiary/aromatic N) is 1. The van der Waals surface area contributed by atoms with Crippen LogP contribution in [0, 0.1) is 0 Å². The van der Waals surface area contributed by atoms with E-state index in [4.69, 9.17) is 10.5 Å². The monoisotopic (exact) mass is 318 g/mol. The van der Waals surface area contributed by atoms with Crippen LogP contribution in [0.15, 0.2) is 30.5 Å². The maximum absolute atomic E-state index is 12.1. The van der Waals surface area contributed by atoms with E-state index in [1.807, 2.05) is 25.4 Å². The number of aromatic nitrogens is 1. The fraction of sp³-hybridized carbons (Fsp3) is 0.471. The lowest BCUT2D eigenvalue weighted by atomic mass is 10.1. The van der Waals surface area contributed by atoms with Gasteiger partial charge in [-0.3, -0.25) is 4.79 Å². The van der Waals surface area contributed by atoms with E-state index >= 15 is 0 Å². The summed E-state index contributed by atoms with van der Waals surface area (Å²) in [7, 11) is 2.00. The molecule has 0 radical (unpaired) electrons. The molecule has 0 amide bonds. The first kappa shape index (κ1) is 15.4. The number of rotatable bonds is 6. The molecule has 2 aromatic rings. The Morgan fingerprint density at radius 2 is 2.18 bits per heavy atom.